The van der Waals surface area contributed by atoms with Gasteiger partial charge in [0.2, 0.25) is 5.91 Å². The van der Waals surface area contributed by atoms with Gasteiger partial charge in [0.15, 0.2) is 0 Å². The number of benzene rings is 2. The Labute approximate surface area is 159 Å². The lowest BCUT2D eigenvalue weighted by Crippen LogP contribution is -2.25. The van der Waals surface area contributed by atoms with Crippen molar-refractivity contribution in [3.63, 3.8) is 0 Å². The molecule has 1 N–H and O–H groups in total. The van der Waals surface area contributed by atoms with E-state index in [2.05, 4.69) is 9.46 Å². The van der Waals surface area contributed by atoms with Crippen LogP contribution in [-0.4, -0.2) is 27.5 Å². The maximum Gasteiger partial charge on any atom is 0.387 e. The topological polar surface area (TPSA) is 75.7 Å². The Bertz CT molecular complexity index is 969. The number of carbonyl (C=O) groups is 1. The Morgan fingerprint density at radius 1 is 1.19 bits per heavy atom. The van der Waals surface area contributed by atoms with Crippen LogP contribution in [-0.2, 0) is 14.8 Å². The molecule has 2 aromatic carbocycles. The average molecular weight is 417 g/mol. The third-order valence-electron chi connectivity index (χ3n) is 3.94. The van der Waals surface area contributed by atoms with Gasteiger partial charge in [-0.3, -0.25) is 9.52 Å². The van der Waals surface area contributed by atoms with Gasteiger partial charge in [-0.1, -0.05) is 23.7 Å². The minimum absolute atomic E-state index is 0.0850. The number of anilines is 2. The summed E-state index contributed by atoms with van der Waals surface area (Å²) in [6, 6.07) is 9.70. The van der Waals surface area contributed by atoms with Crippen LogP contribution in [0.5, 0.6) is 5.75 Å². The monoisotopic (exact) mass is 416 g/mol. The van der Waals surface area contributed by atoms with E-state index in [0.717, 1.165) is 18.2 Å². The Morgan fingerprint density at radius 3 is 2.56 bits per heavy atom. The summed E-state index contributed by atoms with van der Waals surface area (Å²) in [5.41, 5.74) is 0.684. The largest absolute Gasteiger partial charge is 0.433 e. The summed E-state index contributed by atoms with van der Waals surface area (Å²) in [5, 5.41) is -0.263. The third-order valence-corrected chi connectivity index (χ3v) is 5.60. The Hall–Kier alpha value is -2.39. The SMILES string of the molecule is O=C1CCCN1c1ccccc1NS(=O)(=O)c1ccc(OC(F)F)c(Cl)c1. The average Bonchev–Trinajstić information content (AvgIpc) is 3.02. The number of amides is 1. The second kappa shape index (κ2) is 7.69. The molecule has 1 saturated heterocycles. The normalized spacial score (nSPS) is 14.7. The van der Waals surface area contributed by atoms with Gasteiger partial charge in [0.05, 0.1) is 21.3 Å². The minimum Gasteiger partial charge on any atom is -0.433 e. The van der Waals surface area contributed by atoms with Crippen molar-refractivity contribution >= 4 is 38.9 Å². The van der Waals surface area contributed by atoms with Crippen molar-refractivity contribution in [1.29, 1.82) is 0 Å². The number of halogens is 3. The summed E-state index contributed by atoms with van der Waals surface area (Å²) >= 11 is 5.83. The zero-order chi connectivity index (χ0) is 19.6. The molecular weight excluding hydrogens is 402 g/mol. The van der Waals surface area contributed by atoms with Gasteiger partial charge in [-0.15, -0.1) is 0 Å². The lowest BCUT2D eigenvalue weighted by atomic mass is 10.2. The Balaban J connectivity index is 1.89. The summed E-state index contributed by atoms with van der Waals surface area (Å²) in [5.74, 6) is -0.410. The van der Waals surface area contributed by atoms with Gasteiger partial charge < -0.3 is 9.64 Å². The van der Waals surface area contributed by atoms with E-state index in [1.807, 2.05) is 0 Å². The maximum absolute atomic E-state index is 12.7. The standard InChI is InChI=1S/C17H15ClF2N2O4S/c18-12-10-11(7-8-15(12)26-17(19)20)27(24,25)21-13-4-1-2-5-14(13)22-9-3-6-16(22)23/h1-2,4-5,7-8,10,17,21H,3,6,9H2. The van der Waals surface area contributed by atoms with E-state index >= 15 is 0 Å². The molecule has 1 fully saturated rings. The highest BCUT2D eigenvalue weighted by molar-refractivity contribution is 7.92. The Kier molecular flexibility index (Phi) is 5.52. The van der Waals surface area contributed by atoms with Crippen LogP contribution in [0.1, 0.15) is 12.8 Å². The summed E-state index contributed by atoms with van der Waals surface area (Å²) in [6.07, 6.45) is 1.10. The number of carbonyl (C=O) groups excluding carboxylic acids is 1. The molecule has 1 heterocycles. The molecule has 0 aliphatic carbocycles. The first-order valence-corrected chi connectivity index (χ1v) is 9.80. The van der Waals surface area contributed by atoms with Crippen LogP contribution in [0.15, 0.2) is 47.4 Å². The molecule has 0 saturated carbocycles. The summed E-state index contributed by atoms with van der Waals surface area (Å²) in [4.78, 5) is 13.3. The van der Waals surface area contributed by atoms with Gasteiger partial charge in [0, 0.05) is 13.0 Å². The number of nitrogens with one attached hydrogen (secondary N) is 1. The van der Waals surface area contributed by atoms with E-state index in [4.69, 9.17) is 11.6 Å². The van der Waals surface area contributed by atoms with Gasteiger partial charge in [0.1, 0.15) is 5.75 Å². The first-order valence-electron chi connectivity index (χ1n) is 7.94. The number of hydrogen-bond acceptors (Lipinski definition) is 4. The molecule has 1 aliphatic heterocycles. The van der Waals surface area contributed by atoms with Gasteiger partial charge in [-0.05, 0) is 36.8 Å². The molecule has 0 spiro atoms. The van der Waals surface area contributed by atoms with Gasteiger partial charge in [-0.2, -0.15) is 8.78 Å². The van der Waals surface area contributed by atoms with Crippen molar-refractivity contribution in [3.05, 3.63) is 47.5 Å². The first-order chi connectivity index (χ1) is 12.8. The van der Waals surface area contributed by atoms with Crippen LogP contribution < -0.4 is 14.4 Å². The molecule has 0 unspecified atom stereocenters. The highest BCUT2D eigenvalue weighted by Crippen LogP contribution is 2.33. The molecule has 27 heavy (non-hydrogen) atoms. The fourth-order valence-corrected chi connectivity index (χ4v) is 4.13. The molecule has 6 nitrogen and oxygen atoms in total. The zero-order valence-electron chi connectivity index (χ0n) is 13.9. The lowest BCUT2D eigenvalue weighted by Gasteiger charge is -2.20. The number of ether oxygens (including phenoxy) is 1. The lowest BCUT2D eigenvalue weighted by molar-refractivity contribution is -0.117. The van der Waals surface area contributed by atoms with Gasteiger partial charge in [0.25, 0.3) is 10.0 Å². The Morgan fingerprint density at radius 2 is 1.93 bits per heavy atom. The molecule has 3 rings (SSSR count). The molecule has 0 radical (unpaired) electrons. The van der Waals surface area contributed by atoms with E-state index in [1.165, 1.54) is 11.0 Å². The molecule has 1 amide bonds. The van der Waals surface area contributed by atoms with Gasteiger partial charge >= 0.3 is 6.61 Å². The van der Waals surface area contributed by atoms with Crippen molar-refractivity contribution in [2.24, 2.45) is 0 Å². The molecule has 0 aromatic heterocycles. The van der Waals surface area contributed by atoms with Crippen molar-refractivity contribution in [3.8, 4) is 5.75 Å². The quantitative estimate of drug-likeness (QED) is 0.775. The molecule has 0 atom stereocenters. The van der Waals surface area contributed by atoms with Crippen LogP contribution >= 0.6 is 11.6 Å². The van der Waals surface area contributed by atoms with Crippen LogP contribution in [0, 0.1) is 0 Å². The molecule has 1 aliphatic rings. The third kappa shape index (κ3) is 4.30. The minimum atomic E-state index is -4.07. The highest BCUT2D eigenvalue weighted by Gasteiger charge is 2.26. The first kappa shape index (κ1) is 19.4. The summed E-state index contributed by atoms with van der Waals surface area (Å²) in [6.45, 7) is -2.57. The zero-order valence-corrected chi connectivity index (χ0v) is 15.4. The fourth-order valence-electron chi connectivity index (χ4n) is 2.74. The second-order valence-electron chi connectivity index (χ2n) is 5.74. The molecule has 10 heteroatoms. The second-order valence-corrected chi connectivity index (χ2v) is 7.83. The predicted molar refractivity (Wildman–Crippen MR) is 96.9 cm³/mol. The summed E-state index contributed by atoms with van der Waals surface area (Å²) in [7, 11) is -4.07. The molecule has 2 aromatic rings. The smallest absolute Gasteiger partial charge is 0.387 e. The van der Waals surface area contributed by atoms with E-state index in [9.17, 15) is 22.0 Å². The van der Waals surface area contributed by atoms with E-state index in [1.54, 1.807) is 18.2 Å². The van der Waals surface area contributed by atoms with E-state index in [-0.39, 0.29) is 27.3 Å². The highest BCUT2D eigenvalue weighted by atomic mass is 35.5. The van der Waals surface area contributed by atoms with Crippen LogP contribution in [0.4, 0.5) is 20.2 Å². The number of sulfonamides is 1. The van der Waals surface area contributed by atoms with Crippen molar-refractivity contribution in [1.82, 2.24) is 0 Å². The van der Waals surface area contributed by atoms with Gasteiger partial charge in [-0.25, -0.2) is 8.42 Å². The predicted octanol–water partition coefficient (Wildman–Crippen LogP) is 3.87. The maximum atomic E-state index is 12.7. The van der Waals surface area contributed by atoms with Crippen LogP contribution in [0.25, 0.3) is 0 Å². The van der Waals surface area contributed by atoms with Crippen LogP contribution in [0.2, 0.25) is 5.02 Å². The number of rotatable bonds is 6. The molecule has 144 valence electrons. The van der Waals surface area contributed by atoms with Crippen LogP contribution in [0.3, 0.4) is 0 Å². The molecule has 0 bridgehead atoms. The number of alkyl halides is 2. The van der Waals surface area contributed by atoms with E-state index < -0.39 is 16.6 Å². The number of nitrogens with zero attached hydrogens (tertiary/aromatic N) is 1. The molecular formula is C17H15ClF2N2O4S. The van der Waals surface area contributed by atoms with Crippen molar-refractivity contribution in [2.45, 2.75) is 24.3 Å². The summed E-state index contributed by atoms with van der Waals surface area (Å²) < 4.78 is 56.6. The fraction of sp³-hybridized carbons (Fsp3) is 0.235. The number of hydrogen-bond donors (Lipinski definition) is 1. The van der Waals surface area contributed by atoms with Crippen molar-refractivity contribution < 1.29 is 26.7 Å². The van der Waals surface area contributed by atoms with E-state index in [0.29, 0.717) is 25.1 Å². The number of para-hydroxylation sites is 2. The van der Waals surface area contributed by atoms with Crippen molar-refractivity contribution in [2.75, 3.05) is 16.2 Å².